The van der Waals surface area contributed by atoms with Gasteiger partial charge in [0, 0.05) is 6.07 Å². The molecule has 0 amide bonds. The molecule has 0 atom stereocenters. The van der Waals surface area contributed by atoms with Gasteiger partial charge in [-0.1, -0.05) is 0 Å². The molecule has 0 spiro atoms. The summed E-state index contributed by atoms with van der Waals surface area (Å²) in [6, 6.07) is 4.67. The van der Waals surface area contributed by atoms with Gasteiger partial charge in [-0.25, -0.2) is 4.79 Å². The summed E-state index contributed by atoms with van der Waals surface area (Å²) in [5.74, 6) is -0.122. The SMILES string of the molecule is COc1cc(OC(C)(C)C)ccc1C(=O)O. The molecule has 1 N–H and O–H groups in total. The van der Waals surface area contributed by atoms with Crippen molar-refractivity contribution in [1.29, 1.82) is 0 Å². The van der Waals surface area contributed by atoms with Crippen LogP contribution in [-0.4, -0.2) is 23.8 Å². The van der Waals surface area contributed by atoms with Gasteiger partial charge in [-0.15, -0.1) is 0 Å². The largest absolute Gasteiger partial charge is 0.496 e. The fraction of sp³-hybridized carbons (Fsp3) is 0.417. The van der Waals surface area contributed by atoms with Crippen LogP contribution in [0.5, 0.6) is 11.5 Å². The molecule has 0 aliphatic heterocycles. The van der Waals surface area contributed by atoms with E-state index in [9.17, 15) is 4.79 Å². The molecule has 0 radical (unpaired) electrons. The number of hydrogen-bond donors (Lipinski definition) is 1. The van der Waals surface area contributed by atoms with Crippen LogP contribution < -0.4 is 9.47 Å². The van der Waals surface area contributed by atoms with Crippen LogP contribution in [0.25, 0.3) is 0 Å². The van der Waals surface area contributed by atoms with Gasteiger partial charge in [-0.3, -0.25) is 0 Å². The molecule has 88 valence electrons. The summed E-state index contributed by atoms with van der Waals surface area (Å²) < 4.78 is 10.6. The molecule has 0 saturated carbocycles. The Labute approximate surface area is 94.8 Å². The smallest absolute Gasteiger partial charge is 0.339 e. The van der Waals surface area contributed by atoms with Crippen molar-refractivity contribution >= 4 is 5.97 Å². The van der Waals surface area contributed by atoms with Crippen LogP contribution in [-0.2, 0) is 0 Å². The minimum Gasteiger partial charge on any atom is -0.496 e. The highest BCUT2D eigenvalue weighted by Gasteiger charge is 2.15. The lowest BCUT2D eigenvalue weighted by Crippen LogP contribution is -2.23. The van der Waals surface area contributed by atoms with Gasteiger partial charge in [0.05, 0.1) is 7.11 Å². The molecule has 0 saturated heterocycles. The number of carbonyl (C=O) groups is 1. The van der Waals surface area contributed by atoms with Crippen molar-refractivity contribution in [3.63, 3.8) is 0 Å². The first-order chi connectivity index (χ1) is 7.33. The number of hydrogen-bond acceptors (Lipinski definition) is 3. The van der Waals surface area contributed by atoms with E-state index in [1.807, 2.05) is 20.8 Å². The zero-order chi connectivity index (χ0) is 12.3. The molecule has 0 fully saturated rings. The van der Waals surface area contributed by atoms with Crippen molar-refractivity contribution in [2.45, 2.75) is 26.4 Å². The minimum absolute atomic E-state index is 0.128. The van der Waals surface area contributed by atoms with E-state index >= 15 is 0 Å². The van der Waals surface area contributed by atoms with Gasteiger partial charge in [0.2, 0.25) is 0 Å². The average Bonchev–Trinajstić information content (AvgIpc) is 2.14. The summed E-state index contributed by atoms with van der Waals surface area (Å²) in [6.45, 7) is 5.76. The van der Waals surface area contributed by atoms with Crippen LogP contribution >= 0.6 is 0 Å². The third-order valence-corrected chi connectivity index (χ3v) is 1.83. The molecular formula is C12H16O4. The second-order valence-corrected chi connectivity index (χ2v) is 4.38. The lowest BCUT2D eigenvalue weighted by molar-refractivity contribution is 0.0693. The molecule has 0 aliphatic rings. The van der Waals surface area contributed by atoms with E-state index in [-0.39, 0.29) is 11.2 Å². The zero-order valence-corrected chi connectivity index (χ0v) is 9.90. The van der Waals surface area contributed by atoms with E-state index in [4.69, 9.17) is 14.6 Å². The Morgan fingerprint density at radius 2 is 1.94 bits per heavy atom. The van der Waals surface area contributed by atoms with E-state index in [1.165, 1.54) is 13.2 Å². The fourth-order valence-electron chi connectivity index (χ4n) is 1.27. The highest BCUT2D eigenvalue weighted by Crippen LogP contribution is 2.27. The second kappa shape index (κ2) is 4.43. The van der Waals surface area contributed by atoms with Gasteiger partial charge >= 0.3 is 5.97 Å². The van der Waals surface area contributed by atoms with Crippen molar-refractivity contribution in [3.05, 3.63) is 23.8 Å². The number of aromatic carboxylic acids is 1. The number of carboxylic acid groups (broad SMARTS) is 1. The maximum Gasteiger partial charge on any atom is 0.339 e. The molecule has 1 rings (SSSR count). The Bertz CT molecular complexity index is 390. The monoisotopic (exact) mass is 224 g/mol. The molecular weight excluding hydrogens is 208 g/mol. The zero-order valence-electron chi connectivity index (χ0n) is 9.90. The molecule has 1 aromatic rings. The molecule has 1 aromatic carbocycles. The lowest BCUT2D eigenvalue weighted by Gasteiger charge is -2.21. The van der Waals surface area contributed by atoms with Crippen molar-refractivity contribution in [3.8, 4) is 11.5 Å². The van der Waals surface area contributed by atoms with Crippen LogP contribution in [0.15, 0.2) is 18.2 Å². The maximum atomic E-state index is 10.9. The van der Waals surface area contributed by atoms with Crippen molar-refractivity contribution < 1.29 is 19.4 Å². The molecule has 4 nitrogen and oxygen atoms in total. The Hall–Kier alpha value is -1.71. The van der Waals surface area contributed by atoms with E-state index in [1.54, 1.807) is 12.1 Å². The third-order valence-electron chi connectivity index (χ3n) is 1.83. The summed E-state index contributed by atoms with van der Waals surface area (Å²) in [4.78, 5) is 10.9. The Morgan fingerprint density at radius 3 is 2.38 bits per heavy atom. The summed E-state index contributed by atoms with van der Waals surface area (Å²) in [7, 11) is 1.43. The van der Waals surface area contributed by atoms with Crippen LogP contribution in [0.3, 0.4) is 0 Å². The number of carboxylic acids is 1. The predicted molar refractivity (Wildman–Crippen MR) is 60.3 cm³/mol. The molecule has 0 aromatic heterocycles. The average molecular weight is 224 g/mol. The molecule has 0 aliphatic carbocycles. The number of rotatable bonds is 3. The number of benzene rings is 1. The first kappa shape index (κ1) is 12.4. The van der Waals surface area contributed by atoms with E-state index in [2.05, 4.69) is 0 Å². The van der Waals surface area contributed by atoms with E-state index in [0.29, 0.717) is 11.5 Å². The highest BCUT2D eigenvalue weighted by molar-refractivity contribution is 5.91. The first-order valence-corrected chi connectivity index (χ1v) is 4.94. The second-order valence-electron chi connectivity index (χ2n) is 4.38. The summed E-state index contributed by atoms with van der Waals surface area (Å²) in [6.07, 6.45) is 0. The Kier molecular flexibility index (Phi) is 3.42. The normalized spacial score (nSPS) is 11.0. The molecule has 4 heteroatoms. The lowest BCUT2D eigenvalue weighted by atomic mass is 10.1. The maximum absolute atomic E-state index is 10.9. The van der Waals surface area contributed by atoms with Gasteiger partial charge in [0.15, 0.2) is 0 Å². The third kappa shape index (κ3) is 3.15. The van der Waals surface area contributed by atoms with Gasteiger partial charge in [-0.2, -0.15) is 0 Å². The van der Waals surface area contributed by atoms with Crippen molar-refractivity contribution in [2.24, 2.45) is 0 Å². The van der Waals surface area contributed by atoms with Crippen LogP contribution in [0, 0.1) is 0 Å². The van der Waals surface area contributed by atoms with Crippen LogP contribution in [0.4, 0.5) is 0 Å². The summed E-state index contributed by atoms with van der Waals surface area (Å²) in [5.41, 5.74) is -0.195. The van der Waals surface area contributed by atoms with E-state index < -0.39 is 5.97 Å². The van der Waals surface area contributed by atoms with Crippen molar-refractivity contribution in [2.75, 3.05) is 7.11 Å². The molecule has 0 unspecified atom stereocenters. The molecule has 0 heterocycles. The number of methoxy groups -OCH3 is 1. The molecule has 0 bridgehead atoms. The van der Waals surface area contributed by atoms with Gasteiger partial charge in [0.25, 0.3) is 0 Å². The summed E-state index contributed by atoms with van der Waals surface area (Å²) >= 11 is 0. The minimum atomic E-state index is -1.01. The highest BCUT2D eigenvalue weighted by atomic mass is 16.5. The standard InChI is InChI=1S/C12H16O4/c1-12(2,3)16-8-5-6-9(11(13)14)10(7-8)15-4/h5-7H,1-4H3,(H,13,14). The first-order valence-electron chi connectivity index (χ1n) is 4.94. The fourth-order valence-corrected chi connectivity index (χ4v) is 1.27. The Balaban J connectivity index is 3.05. The van der Waals surface area contributed by atoms with Crippen LogP contribution in [0.1, 0.15) is 31.1 Å². The van der Waals surface area contributed by atoms with Crippen LogP contribution in [0.2, 0.25) is 0 Å². The van der Waals surface area contributed by atoms with Crippen molar-refractivity contribution in [1.82, 2.24) is 0 Å². The topological polar surface area (TPSA) is 55.8 Å². The molecule has 16 heavy (non-hydrogen) atoms. The predicted octanol–water partition coefficient (Wildman–Crippen LogP) is 2.57. The quantitative estimate of drug-likeness (QED) is 0.857. The van der Waals surface area contributed by atoms with Gasteiger partial charge in [0.1, 0.15) is 22.7 Å². The van der Waals surface area contributed by atoms with E-state index in [0.717, 1.165) is 0 Å². The number of ether oxygens (including phenoxy) is 2. The summed E-state index contributed by atoms with van der Waals surface area (Å²) in [5, 5.41) is 8.90. The Morgan fingerprint density at radius 1 is 1.31 bits per heavy atom. The van der Waals surface area contributed by atoms with Gasteiger partial charge in [-0.05, 0) is 32.9 Å². The van der Waals surface area contributed by atoms with Gasteiger partial charge < -0.3 is 14.6 Å².